The van der Waals surface area contributed by atoms with Crippen LogP contribution in [0.25, 0.3) is 0 Å². The van der Waals surface area contributed by atoms with E-state index in [0.717, 1.165) is 28.6 Å². The predicted molar refractivity (Wildman–Crippen MR) is 114 cm³/mol. The van der Waals surface area contributed by atoms with Gasteiger partial charge in [-0.05, 0) is 36.4 Å². The molecule has 0 N–H and O–H groups in total. The molecular weight excluding hydrogens is 469 g/mol. The van der Waals surface area contributed by atoms with Gasteiger partial charge in [-0.1, -0.05) is 23.7 Å². The number of halogens is 4. The minimum absolute atomic E-state index is 0.0949. The van der Waals surface area contributed by atoms with E-state index in [1.54, 1.807) is 0 Å². The highest BCUT2D eigenvalue weighted by Gasteiger charge is 2.33. The molecule has 172 valence electrons. The van der Waals surface area contributed by atoms with Crippen molar-refractivity contribution in [2.24, 2.45) is 0 Å². The maximum absolute atomic E-state index is 13.4. The van der Waals surface area contributed by atoms with Crippen LogP contribution in [0.5, 0.6) is 0 Å². The average Bonchev–Trinajstić information content (AvgIpc) is 2.77. The molecule has 1 amide bonds. The molecule has 1 heterocycles. The lowest BCUT2D eigenvalue weighted by atomic mass is 10.2. The molecule has 0 bridgehead atoms. The molecule has 0 unspecified atom stereocenters. The number of nitrogens with zero attached hydrogens (tertiary/aromatic N) is 2. The van der Waals surface area contributed by atoms with Gasteiger partial charge >= 0.3 is 6.18 Å². The van der Waals surface area contributed by atoms with Gasteiger partial charge in [0, 0.05) is 18.7 Å². The van der Waals surface area contributed by atoms with Crippen LogP contribution in [0, 0.1) is 0 Å². The van der Waals surface area contributed by atoms with Gasteiger partial charge in [-0.3, -0.25) is 9.10 Å². The van der Waals surface area contributed by atoms with Crippen molar-refractivity contribution in [2.45, 2.75) is 11.1 Å². The third-order valence-electron chi connectivity index (χ3n) is 4.80. The molecule has 2 aromatic carbocycles. The zero-order valence-electron chi connectivity index (χ0n) is 16.8. The van der Waals surface area contributed by atoms with E-state index < -0.39 is 32.6 Å². The second-order valence-corrected chi connectivity index (χ2v) is 9.16. The van der Waals surface area contributed by atoms with Gasteiger partial charge in [0.05, 0.1) is 36.0 Å². The molecule has 1 aliphatic rings. The maximum atomic E-state index is 13.4. The molecule has 32 heavy (non-hydrogen) atoms. The van der Waals surface area contributed by atoms with Crippen molar-refractivity contribution in [3.63, 3.8) is 0 Å². The van der Waals surface area contributed by atoms with Crippen molar-refractivity contribution in [2.75, 3.05) is 37.2 Å². The summed E-state index contributed by atoms with van der Waals surface area (Å²) in [5, 5.41) is -0.162. The highest BCUT2D eigenvalue weighted by atomic mass is 35.5. The second kappa shape index (κ2) is 9.51. The fourth-order valence-corrected chi connectivity index (χ4v) is 5.13. The van der Waals surface area contributed by atoms with Gasteiger partial charge in [-0.2, -0.15) is 13.2 Å². The number of hydrogen-bond donors (Lipinski definition) is 0. The number of carbonyl (C=O) groups excluding carboxylic acids is 1. The molecule has 0 saturated carbocycles. The summed E-state index contributed by atoms with van der Waals surface area (Å²) in [7, 11) is -4.43. The molecular formula is C21H20ClF3N2O4S. The zero-order chi connectivity index (χ0) is 23.5. The van der Waals surface area contributed by atoms with Gasteiger partial charge in [0.15, 0.2) is 0 Å². The lowest BCUT2D eigenvalue weighted by Gasteiger charge is -2.27. The molecule has 0 aromatic heterocycles. The summed E-state index contributed by atoms with van der Waals surface area (Å²) in [5.41, 5.74) is -1.11. The molecule has 0 atom stereocenters. The van der Waals surface area contributed by atoms with Crippen molar-refractivity contribution in [1.29, 1.82) is 0 Å². The molecule has 0 aliphatic carbocycles. The van der Waals surface area contributed by atoms with Crippen LogP contribution in [-0.2, 0) is 20.9 Å². The normalized spacial score (nSPS) is 14.8. The van der Waals surface area contributed by atoms with Crippen LogP contribution in [0.4, 0.5) is 18.9 Å². The first-order valence-corrected chi connectivity index (χ1v) is 11.3. The van der Waals surface area contributed by atoms with E-state index in [1.807, 2.05) is 0 Å². The first-order valence-electron chi connectivity index (χ1n) is 9.53. The van der Waals surface area contributed by atoms with E-state index in [9.17, 15) is 26.4 Å². The van der Waals surface area contributed by atoms with Gasteiger partial charge in [0.2, 0.25) is 0 Å². The summed E-state index contributed by atoms with van der Waals surface area (Å²) in [5.74, 6) is -0.393. The molecule has 3 rings (SSSR count). The van der Waals surface area contributed by atoms with Crippen molar-refractivity contribution < 1.29 is 31.1 Å². The van der Waals surface area contributed by atoms with Crippen molar-refractivity contribution in [1.82, 2.24) is 4.90 Å². The third kappa shape index (κ3) is 5.08. The molecule has 1 saturated heterocycles. The summed E-state index contributed by atoms with van der Waals surface area (Å²) in [6.45, 7) is 4.65. The topological polar surface area (TPSA) is 66.9 Å². The fourth-order valence-electron chi connectivity index (χ4n) is 3.20. The van der Waals surface area contributed by atoms with E-state index in [-0.39, 0.29) is 22.8 Å². The summed E-state index contributed by atoms with van der Waals surface area (Å²) in [6.07, 6.45) is -3.41. The third-order valence-corrected chi connectivity index (χ3v) is 7.08. The fraction of sp³-hybridized carbons (Fsp3) is 0.286. The molecule has 11 heteroatoms. The molecule has 0 radical (unpaired) electrons. The van der Waals surface area contributed by atoms with Crippen molar-refractivity contribution in [3.8, 4) is 0 Å². The van der Waals surface area contributed by atoms with Crippen LogP contribution >= 0.6 is 11.6 Å². The summed E-state index contributed by atoms with van der Waals surface area (Å²) in [6, 6.07) is 7.76. The van der Waals surface area contributed by atoms with Crippen LogP contribution < -0.4 is 4.31 Å². The molecule has 1 aliphatic heterocycles. The Kier molecular flexibility index (Phi) is 7.16. The number of ether oxygens (including phenoxy) is 1. The lowest BCUT2D eigenvalue weighted by molar-refractivity contribution is -0.137. The van der Waals surface area contributed by atoms with Crippen LogP contribution in [0.3, 0.4) is 0 Å². The standard InChI is InChI=1S/C21H20ClF3N2O4S/c1-2-8-27(17-5-3-4-16(14-17)21(23,24)25)32(29,30)19-13-15(6-7-18(19)22)20(28)26-9-11-31-12-10-26/h2-7,13-14H,1,8-12H2. The number of amides is 1. The number of morpholine rings is 1. The van der Waals surface area contributed by atoms with Gasteiger partial charge in [-0.15, -0.1) is 6.58 Å². The predicted octanol–water partition coefficient (Wildman–Crippen LogP) is 4.21. The first kappa shape index (κ1) is 24.1. The number of hydrogen-bond acceptors (Lipinski definition) is 4. The molecule has 2 aromatic rings. The van der Waals surface area contributed by atoms with Crippen LogP contribution in [0.15, 0.2) is 60.0 Å². The number of anilines is 1. The number of carbonyl (C=O) groups is 1. The smallest absolute Gasteiger partial charge is 0.378 e. The largest absolute Gasteiger partial charge is 0.416 e. The highest BCUT2D eigenvalue weighted by Crippen LogP contribution is 2.34. The minimum atomic E-state index is -4.65. The number of alkyl halides is 3. The number of benzene rings is 2. The molecule has 0 spiro atoms. The minimum Gasteiger partial charge on any atom is -0.378 e. The Labute approximate surface area is 188 Å². The molecule has 1 fully saturated rings. The Morgan fingerprint density at radius 1 is 1.19 bits per heavy atom. The molecule has 6 nitrogen and oxygen atoms in total. The summed E-state index contributed by atoms with van der Waals surface area (Å²) < 4.78 is 72.3. The van der Waals surface area contributed by atoms with Crippen LogP contribution in [0.2, 0.25) is 5.02 Å². The number of rotatable bonds is 6. The average molecular weight is 489 g/mol. The van der Waals surface area contributed by atoms with E-state index in [1.165, 1.54) is 29.2 Å². The Morgan fingerprint density at radius 2 is 1.88 bits per heavy atom. The Morgan fingerprint density at radius 3 is 2.50 bits per heavy atom. The Bertz CT molecular complexity index is 1120. The van der Waals surface area contributed by atoms with Crippen molar-refractivity contribution in [3.05, 3.63) is 71.3 Å². The van der Waals surface area contributed by atoms with E-state index >= 15 is 0 Å². The maximum Gasteiger partial charge on any atom is 0.416 e. The van der Waals surface area contributed by atoms with E-state index in [4.69, 9.17) is 16.3 Å². The van der Waals surface area contributed by atoms with Crippen LogP contribution in [-0.4, -0.2) is 52.1 Å². The lowest BCUT2D eigenvalue weighted by Crippen LogP contribution is -2.40. The van der Waals surface area contributed by atoms with Gasteiger partial charge < -0.3 is 9.64 Å². The van der Waals surface area contributed by atoms with Crippen LogP contribution in [0.1, 0.15) is 15.9 Å². The SMILES string of the molecule is C=CCN(c1cccc(C(F)(F)F)c1)S(=O)(=O)c1cc(C(=O)N2CCOCC2)ccc1Cl. The first-order chi connectivity index (χ1) is 15.1. The van der Waals surface area contributed by atoms with Gasteiger partial charge in [-0.25, -0.2) is 8.42 Å². The summed E-state index contributed by atoms with van der Waals surface area (Å²) in [4.78, 5) is 13.9. The highest BCUT2D eigenvalue weighted by molar-refractivity contribution is 7.93. The quantitative estimate of drug-likeness (QED) is 0.571. The van der Waals surface area contributed by atoms with E-state index in [0.29, 0.717) is 26.3 Å². The monoisotopic (exact) mass is 488 g/mol. The van der Waals surface area contributed by atoms with Gasteiger partial charge in [0.1, 0.15) is 4.90 Å². The number of sulfonamides is 1. The Balaban J connectivity index is 2.04. The Hall–Kier alpha value is -2.56. The van der Waals surface area contributed by atoms with Gasteiger partial charge in [0.25, 0.3) is 15.9 Å². The second-order valence-electron chi connectivity index (χ2n) is 6.92. The summed E-state index contributed by atoms with van der Waals surface area (Å²) >= 11 is 6.15. The van der Waals surface area contributed by atoms with Crippen molar-refractivity contribution >= 4 is 33.2 Å². The van der Waals surface area contributed by atoms with E-state index in [2.05, 4.69) is 6.58 Å². The zero-order valence-corrected chi connectivity index (χ0v) is 18.4.